The smallest absolute Gasteiger partial charge is 0.245 e. The fourth-order valence-electron chi connectivity index (χ4n) is 1.03. The third-order valence-corrected chi connectivity index (χ3v) is 2.21. The number of carbonyl (C=O) groups excluding carboxylic acids is 2. The van der Waals surface area contributed by atoms with Crippen LogP contribution in [-0.4, -0.2) is 49.7 Å². The molecule has 94 valence electrons. The highest BCUT2D eigenvalue weighted by molar-refractivity contribution is 5.79. The standard InChI is InChI=1S/C10H21N3O3/c1-8(11-2)3-5-12-9(15)4-6-13-10(16)7-14/h8,11,14H,3-7H2,1-2H3,(H,12,15)(H,13,16)/t8-/m0/s1. The second-order valence-electron chi connectivity index (χ2n) is 3.59. The SMILES string of the molecule is CN[C@@H](C)CCNC(=O)CCNC(=O)CO. The Hall–Kier alpha value is -1.14. The van der Waals surface area contributed by atoms with Crippen molar-refractivity contribution in [3.63, 3.8) is 0 Å². The summed E-state index contributed by atoms with van der Waals surface area (Å²) in [5.74, 6) is -0.557. The average molecular weight is 231 g/mol. The zero-order chi connectivity index (χ0) is 12.4. The molecule has 6 heteroatoms. The van der Waals surface area contributed by atoms with E-state index in [4.69, 9.17) is 5.11 Å². The van der Waals surface area contributed by atoms with E-state index in [-0.39, 0.29) is 18.9 Å². The van der Waals surface area contributed by atoms with Crippen molar-refractivity contribution in [2.75, 3.05) is 26.7 Å². The molecule has 0 aliphatic rings. The lowest BCUT2D eigenvalue weighted by atomic mass is 10.2. The zero-order valence-corrected chi connectivity index (χ0v) is 9.88. The van der Waals surface area contributed by atoms with Crippen molar-refractivity contribution in [1.82, 2.24) is 16.0 Å². The van der Waals surface area contributed by atoms with Crippen LogP contribution < -0.4 is 16.0 Å². The molecule has 0 heterocycles. The number of nitrogens with one attached hydrogen (secondary N) is 3. The first kappa shape index (κ1) is 14.9. The Morgan fingerprint density at radius 2 is 1.81 bits per heavy atom. The summed E-state index contributed by atoms with van der Waals surface area (Å²) in [5.41, 5.74) is 0. The summed E-state index contributed by atoms with van der Waals surface area (Å²) >= 11 is 0. The van der Waals surface area contributed by atoms with Gasteiger partial charge in [-0.05, 0) is 20.4 Å². The Bertz CT molecular complexity index is 221. The lowest BCUT2D eigenvalue weighted by molar-refractivity contribution is -0.124. The molecule has 4 N–H and O–H groups in total. The van der Waals surface area contributed by atoms with Gasteiger partial charge in [-0.1, -0.05) is 0 Å². The Balaban J connectivity index is 3.41. The van der Waals surface area contributed by atoms with Gasteiger partial charge in [0.2, 0.25) is 11.8 Å². The van der Waals surface area contributed by atoms with Crippen LogP contribution in [0.15, 0.2) is 0 Å². The molecule has 1 atom stereocenters. The minimum Gasteiger partial charge on any atom is -0.387 e. The van der Waals surface area contributed by atoms with Gasteiger partial charge in [0, 0.05) is 25.6 Å². The molecule has 0 aliphatic heterocycles. The molecule has 0 saturated carbocycles. The molecule has 0 aromatic carbocycles. The summed E-state index contributed by atoms with van der Waals surface area (Å²) in [4.78, 5) is 21.9. The number of hydrogen-bond acceptors (Lipinski definition) is 4. The van der Waals surface area contributed by atoms with Gasteiger partial charge in [-0.2, -0.15) is 0 Å². The Kier molecular flexibility index (Phi) is 8.46. The quantitative estimate of drug-likeness (QED) is 0.413. The average Bonchev–Trinajstić information content (AvgIpc) is 2.28. The van der Waals surface area contributed by atoms with E-state index in [2.05, 4.69) is 16.0 Å². The number of hydrogen-bond donors (Lipinski definition) is 4. The minimum atomic E-state index is -0.540. The highest BCUT2D eigenvalue weighted by Gasteiger charge is 2.03. The maximum absolute atomic E-state index is 11.2. The first-order valence-electron chi connectivity index (χ1n) is 5.41. The van der Waals surface area contributed by atoms with E-state index in [0.717, 1.165) is 6.42 Å². The number of rotatable bonds is 8. The maximum Gasteiger partial charge on any atom is 0.245 e. The Morgan fingerprint density at radius 3 is 2.38 bits per heavy atom. The van der Waals surface area contributed by atoms with Crippen molar-refractivity contribution in [3.05, 3.63) is 0 Å². The summed E-state index contributed by atoms with van der Waals surface area (Å²) in [7, 11) is 1.87. The van der Waals surface area contributed by atoms with Gasteiger partial charge in [-0.15, -0.1) is 0 Å². The molecule has 0 radical (unpaired) electrons. The van der Waals surface area contributed by atoms with E-state index in [9.17, 15) is 9.59 Å². The molecule has 16 heavy (non-hydrogen) atoms. The molecule has 0 spiro atoms. The molecule has 2 amide bonds. The lowest BCUT2D eigenvalue weighted by Gasteiger charge is -2.10. The zero-order valence-electron chi connectivity index (χ0n) is 9.88. The fraction of sp³-hybridized carbons (Fsp3) is 0.800. The predicted octanol–water partition coefficient (Wildman–Crippen LogP) is -1.40. The number of aliphatic hydroxyl groups is 1. The summed E-state index contributed by atoms with van der Waals surface area (Å²) in [6.07, 6.45) is 1.10. The third kappa shape index (κ3) is 8.19. The second-order valence-corrected chi connectivity index (χ2v) is 3.59. The molecule has 0 aromatic rings. The van der Waals surface area contributed by atoms with Crippen LogP contribution in [0.25, 0.3) is 0 Å². The van der Waals surface area contributed by atoms with Crippen LogP contribution in [0.1, 0.15) is 19.8 Å². The van der Waals surface area contributed by atoms with E-state index in [1.165, 1.54) is 0 Å². The highest BCUT2D eigenvalue weighted by atomic mass is 16.3. The summed E-state index contributed by atoms with van der Waals surface area (Å²) in [6.45, 7) is 2.37. The lowest BCUT2D eigenvalue weighted by Crippen LogP contribution is -2.34. The predicted molar refractivity (Wildman–Crippen MR) is 60.9 cm³/mol. The van der Waals surface area contributed by atoms with E-state index < -0.39 is 12.5 Å². The van der Waals surface area contributed by atoms with Gasteiger partial charge in [0.25, 0.3) is 0 Å². The maximum atomic E-state index is 11.2. The van der Waals surface area contributed by atoms with Gasteiger partial charge in [0.1, 0.15) is 6.61 Å². The molecule has 0 rings (SSSR count). The van der Waals surface area contributed by atoms with Crippen molar-refractivity contribution in [2.45, 2.75) is 25.8 Å². The summed E-state index contributed by atoms with van der Waals surface area (Å²) in [6, 6.07) is 0.370. The number of amides is 2. The molecule has 0 aromatic heterocycles. The molecular weight excluding hydrogens is 210 g/mol. The third-order valence-electron chi connectivity index (χ3n) is 2.21. The van der Waals surface area contributed by atoms with E-state index in [0.29, 0.717) is 12.6 Å². The molecule has 0 aliphatic carbocycles. The van der Waals surface area contributed by atoms with E-state index in [1.54, 1.807) is 0 Å². The second kappa shape index (κ2) is 9.11. The van der Waals surface area contributed by atoms with E-state index >= 15 is 0 Å². The van der Waals surface area contributed by atoms with Crippen molar-refractivity contribution >= 4 is 11.8 Å². The topological polar surface area (TPSA) is 90.5 Å². The molecular formula is C10H21N3O3. The number of carbonyl (C=O) groups is 2. The van der Waals surface area contributed by atoms with Gasteiger partial charge in [-0.3, -0.25) is 9.59 Å². The molecule has 0 bridgehead atoms. The van der Waals surface area contributed by atoms with Gasteiger partial charge in [0.15, 0.2) is 0 Å². The van der Waals surface area contributed by atoms with Crippen LogP contribution in [0.4, 0.5) is 0 Å². The van der Waals surface area contributed by atoms with Crippen LogP contribution >= 0.6 is 0 Å². The molecule has 0 fully saturated rings. The Labute approximate surface area is 95.8 Å². The summed E-state index contributed by atoms with van der Waals surface area (Å²) in [5, 5.41) is 16.6. The van der Waals surface area contributed by atoms with Crippen molar-refractivity contribution in [2.24, 2.45) is 0 Å². The largest absolute Gasteiger partial charge is 0.387 e. The van der Waals surface area contributed by atoms with Crippen molar-refractivity contribution in [1.29, 1.82) is 0 Å². The van der Waals surface area contributed by atoms with Gasteiger partial charge in [0.05, 0.1) is 0 Å². The molecule has 0 saturated heterocycles. The first-order valence-corrected chi connectivity index (χ1v) is 5.41. The normalized spacial score (nSPS) is 11.9. The Morgan fingerprint density at radius 1 is 1.19 bits per heavy atom. The minimum absolute atomic E-state index is 0.0958. The molecule has 0 unspecified atom stereocenters. The van der Waals surface area contributed by atoms with E-state index in [1.807, 2.05) is 14.0 Å². The number of aliphatic hydroxyl groups excluding tert-OH is 1. The van der Waals surface area contributed by atoms with Crippen LogP contribution in [0.3, 0.4) is 0 Å². The van der Waals surface area contributed by atoms with Crippen molar-refractivity contribution < 1.29 is 14.7 Å². The van der Waals surface area contributed by atoms with Gasteiger partial charge >= 0.3 is 0 Å². The van der Waals surface area contributed by atoms with Gasteiger partial charge < -0.3 is 21.1 Å². The van der Waals surface area contributed by atoms with Crippen LogP contribution in [0.5, 0.6) is 0 Å². The monoisotopic (exact) mass is 231 g/mol. The van der Waals surface area contributed by atoms with Crippen LogP contribution in [0.2, 0.25) is 0 Å². The van der Waals surface area contributed by atoms with Crippen LogP contribution in [0, 0.1) is 0 Å². The van der Waals surface area contributed by atoms with Crippen molar-refractivity contribution in [3.8, 4) is 0 Å². The summed E-state index contributed by atoms with van der Waals surface area (Å²) < 4.78 is 0. The molecule has 6 nitrogen and oxygen atoms in total. The highest BCUT2D eigenvalue weighted by Crippen LogP contribution is 1.87. The fourth-order valence-corrected chi connectivity index (χ4v) is 1.03. The van der Waals surface area contributed by atoms with Gasteiger partial charge in [-0.25, -0.2) is 0 Å². The first-order chi connectivity index (χ1) is 7.60. The van der Waals surface area contributed by atoms with Crippen LogP contribution in [-0.2, 0) is 9.59 Å².